The van der Waals surface area contributed by atoms with Crippen molar-refractivity contribution >= 4 is 69.2 Å². The normalized spacial score (nSPS) is 10.7. The molecule has 76 valence electrons. The zero-order valence-electron chi connectivity index (χ0n) is 7.36. The van der Waals surface area contributed by atoms with Gasteiger partial charge >= 0.3 is 59.1 Å². The first kappa shape index (κ1) is 21.0. The van der Waals surface area contributed by atoms with Crippen molar-refractivity contribution in [2.24, 2.45) is 0 Å². The van der Waals surface area contributed by atoms with Crippen molar-refractivity contribution in [3.8, 4) is 0 Å². The van der Waals surface area contributed by atoms with Gasteiger partial charge in [0.1, 0.15) is 0 Å². The average Bonchev–Trinajstić information content (AvgIpc) is 1.94. The number of rotatable bonds is 6. The van der Waals surface area contributed by atoms with Crippen molar-refractivity contribution in [2.45, 2.75) is 39.0 Å². The minimum absolute atomic E-state index is 0. The minimum atomic E-state index is -3.90. The fourth-order valence-electron chi connectivity index (χ4n) is 0.879. The molecule has 0 atom stereocenters. The molecule has 0 rings (SSSR count). The van der Waals surface area contributed by atoms with E-state index in [0.717, 1.165) is 24.7 Å². The fourth-order valence-corrected chi connectivity index (χ4v) is 1.26. The predicted molar refractivity (Wildman–Crippen MR) is 63.7 cm³/mol. The third-order valence-electron chi connectivity index (χ3n) is 1.49. The van der Waals surface area contributed by atoms with E-state index in [4.69, 9.17) is 4.55 Å². The van der Waals surface area contributed by atoms with Gasteiger partial charge in [0, 0.05) is 0 Å². The quantitative estimate of drug-likeness (QED) is 0.429. The Labute approximate surface area is 131 Å². The van der Waals surface area contributed by atoms with E-state index in [1.54, 1.807) is 0 Å². The van der Waals surface area contributed by atoms with Gasteiger partial charge in [-0.1, -0.05) is 32.3 Å². The molecule has 0 amide bonds. The van der Waals surface area contributed by atoms with Crippen LogP contribution in [-0.4, -0.2) is 72.1 Å². The SMILES string of the molecule is CCCCCCC=CS(=O)(=O)O.[NaH].[NaH]. The van der Waals surface area contributed by atoms with E-state index in [-0.39, 0.29) is 59.1 Å². The Morgan fingerprint density at radius 3 is 2.14 bits per heavy atom. The summed E-state index contributed by atoms with van der Waals surface area (Å²) >= 11 is 0. The molecule has 0 bridgehead atoms. The van der Waals surface area contributed by atoms with Crippen LogP contribution >= 0.6 is 0 Å². The Balaban J connectivity index is -0.000000605. The van der Waals surface area contributed by atoms with Crippen molar-refractivity contribution in [3.05, 3.63) is 11.5 Å². The van der Waals surface area contributed by atoms with Gasteiger partial charge in [-0.05, 0) is 12.8 Å². The van der Waals surface area contributed by atoms with Gasteiger partial charge < -0.3 is 0 Å². The Hall–Kier alpha value is 1.65. The number of hydrogen-bond acceptors (Lipinski definition) is 2. The van der Waals surface area contributed by atoms with Crippen molar-refractivity contribution in [2.75, 3.05) is 0 Å². The Kier molecular flexibility index (Phi) is 19.1. The molecule has 0 saturated heterocycles. The molecular weight excluding hydrogens is 222 g/mol. The maximum atomic E-state index is 10.2. The fraction of sp³-hybridized carbons (Fsp3) is 0.750. The van der Waals surface area contributed by atoms with E-state index in [1.807, 2.05) is 0 Å². The topological polar surface area (TPSA) is 54.4 Å². The summed E-state index contributed by atoms with van der Waals surface area (Å²) in [4.78, 5) is 0. The average molecular weight is 240 g/mol. The molecule has 0 heterocycles. The van der Waals surface area contributed by atoms with E-state index < -0.39 is 10.1 Å². The number of hydrogen-bond donors (Lipinski definition) is 1. The summed E-state index contributed by atoms with van der Waals surface area (Å²) in [7, 11) is -3.90. The maximum absolute atomic E-state index is 10.2. The van der Waals surface area contributed by atoms with Crippen LogP contribution in [0.2, 0.25) is 0 Å². The summed E-state index contributed by atoms with van der Waals surface area (Å²) in [6.45, 7) is 2.12. The summed E-state index contributed by atoms with van der Waals surface area (Å²) in [5, 5.41) is 0.846. The first-order chi connectivity index (χ1) is 5.56. The van der Waals surface area contributed by atoms with Crippen molar-refractivity contribution in [3.63, 3.8) is 0 Å². The predicted octanol–water partition coefficient (Wildman–Crippen LogP) is 1.06. The molecule has 14 heavy (non-hydrogen) atoms. The molecule has 0 spiro atoms. The third kappa shape index (κ3) is 19.3. The molecule has 0 unspecified atom stereocenters. The molecule has 1 N–H and O–H groups in total. The van der Waals surface area contributed by atoms with Crippen LogP contribution in [0.15, 0.2) is 11.5 Å². The van der Waals surface area contributed by atoms with Crippen LogP contribution in [0.5, 0.6) is 0 Å². The van der Waals surface area contributed by atoms with Gasteiger partial charge in [0.25, 0.3) is 10.1 Å². The summed E-state index contributed by atoms with van der Waals surface area (Å²) < 4.78 is 28.7. The summed E-state index contributed by atoms with van der Waals surface area (Å²) in [6.07, 6.45) is 6.67. The molecule has 3 nitrogen and oxygen atoms in total. The van der Waals surface area contributed by atoms with Gasteiger partial charge in [-0.15, -0.1) is 0 Å². The van der Waals surface area contributed by atoms with Crippen LogP contribution in [0.3, 0.4) is 0 Å². The standard InChI is InChI=1S/C8H16O3S.2Na.2H/c1-2-3-4-5-6-7-8-12(9,10)11;;;;/h7-8H,2-6H2,1H3,(H,9,10,11);;;;. The molecule has 6 heteroatoms. The second kappa shape index (κ2) is 12.7. The van der Waals surface area contributed by atoms with Crippen LogP contribution in [-0.2, 0) is 10.1 Å². The molecule has 0 aromatic heterocycles. The van der Waals surface area contributed by atoms with Crippen LogP contribution in [0.25, 0.3) is 0 Å². The first-order valence-corrected chi connectivity index (χ1v) is 5.70. The van der Waals surface area contributed by atoms with Gasteiger partial charge in [0.15, 0.2) is 0 Å². The van der Waals surface area contributed by atoms with Gasteiger partial charge in [0.2, 0.25) is 0 Å². The van der Waals surface area contributed by atoms with Gasteiger partial charge in [-0.25, -0.2) is 0 Å². The molecule has 0 aliphatic heterocycles. The summed E-state index contributed by atoms with van der Waals surface area (Å²) in [6, 6.07) is 0. The first-order valence-electron chi connectivity index (χ1n) is 4.20. The zero-order valence-corrected chi connectivity index (χ0v) is 8.18. The molecular formula is C8H18Na2O3S. The van der Waals surface area contributed by atoms with E-state index >= 15 is 0 Å². The molecule has 0 aliphatic rings. The second-order valence-corrected chi connectivity index (χ2v) is 4.04. The van der Waals surface area contributed by atoms with Gasteiger partial charge in [-0.3, -0.25) is 4.55 Å². The van der Waals surface area contributed by atoms with Crippen molar-refractivity contribution < 1.29 is 13.0 Å². The van der Waals surface area contributed by atoms with Gasteiger partial charge in [0.05, 0.1) is 5.41 Å². The molecule has 0 saturated carbocycles. The van der Waals surface area contributed by atoms with Gasteiger partial charge in [-0.2, -0.15) is 8.42 Å². The molecule has 0 aromatic carbocycles. The van der Waals surface area contributed by atoms with Crippen LogP contribution in [0.4, 0.5) is 0 Å². The van der Waals surface area contributed by atoms with Crippen molar-refractivity contribution in [1.82, 2.24) is 0 Å². The van der Waals surface area contributed by atoms with Crippen LogP contribution < -0.4 is 0 Å². The molecule has 0 radical (unpaired) electrons. The van der Waals surface area contributed by atoms with E-state index in [1.165, 1.54) is 18.9 Å². The van der Waals surface area contributed by atoms with Crippen LogP contribution in [0.1, 0.15) is 39.0 Å². The molecule has 0 fully saturated rings. The van der Waals surface area contributed by atoms with E-state index in [0.29, 0.717) is 0 Å². The van der Waals surface area contributed by atoms with E-state index in [9.17, 15) is 8.42 Å². The zero-order chi connectivity index (χ0) is 9.45. The third-order valence-corrected chi connectivity index (χ3v) is 2.03. The number of allylic oxidation sites excluding steroid dienone is 1. The Morgan fingerprint density at radius 1 is 1.14 bits per heavy atom. The molecule has 0 aliphatic carbocycles. The summed E-state index contributed by atoms with van der Waals surface area (Å²) in [5.74, 6) is 0. The van der Waals surface area contributed by atoms with Crippen molar-refractivity contribution in [1.29, 1.82) is 0 Å². The van der Waals surface area contributed by atoms with E-state index in [2.05, 4.69) is 6.92 Å². The molecule has 0 aromatic rings. The van der Waals surface area contributed by atoms with Crippen LogP contribution in [0, 0.1) is 0 Å². The monoisotopic (exact) mass is 240 g/mol. The number of unbranched alkanes of at least 4 members (excludes halogenated alkanes) is 4. The summed E-state index contributed by atoms with van der Waals surface area (Å²) in [5.41, 5.74) is 0. The second-order valence-electron chi connectivity index (χ2n) is 2.74. The Bertz CT molecular complexity index is 225. The Morgan fingerprint density at radius 2 is 1.71 bits per heavy atom.